The summed E-state index contributed by atoms with van der Waals surface area (Å²) in [5.74, 6) is 0.850. The van der Waals surface area contributed by atoms with E-state index < -0.39 is 10.8 Å². The van der Waals surface area contributed by atoms with Gasteiger partial charge in [0.2, 0.25) is 0 Å². The fourth-order valence-corrected chi connectivity index (χ4v) is 2.97. The Balaban J connectivity index is 2.52. The maximum atomic E-state index is 12.1. The van der Waals surface area contributed by atoms with E-state index in [1.807, 2.05) is 12.1 Å². The van der Waals surface area contributed by atoms with E-state index in [1.54, 1.807) is 6.92 Å². The Hall–Kier alpha value is -0.960. The van der Waals surface area contributed by atoms with Crippen molar-refractivity contribution >= 4 is 16.6 Å². The molecule has 0 aliphatic carbocycles. The average Bonchev–Trinajstić information content (AvgIpc) is 2.33. The Morgan fingerprint density at radius 1 is 1.11 bits per heavy atom. The molecule has 0 aliphatic rings. The molecule has 0 N–H and O–H groups in total. The Morgan fingerprint density at radius 3 is 2.16 bits per heavy atom. The molecule has 1 aromatic rings. The number of hydrogen-bond acceptors (Lipinski definition) is 2. The average molecular weight is 280 g/mol. The highest BCUT2D eigenvalue weighted by molar-refractivity contribution is 7.85. The van der Waals surface area contributed by atoms with Crippen molar-refractivity contribution in [3.05, 3.63) is 29.8 Å². The summed E-state index contributed by atoms with van der Waals surface area (Å²) >= 11 is 0. The lowest BCUT2D eigenvalue weighted by molar-refractivity contribution is -0.117. The van der Waals surface area contributed by atoms with Gasteiger partial charge in [-0.05, 0) is 42.9 Å². The third kappa shape index (κ3) is 5.68. The molecule has 0 saturated heterocycles. The topological polar surface area (TPSA) is 34.1 Å². The third-order valence-electron chi connectivity index (χ3n) is 3.09. The first-order chi connectivity index (χ1) is 8.80. The molecule has 0 fully saturated rings. The van der Waals surface area contributed by atoms with Crippen molar-refractivity contribution in [1.29, 1.82) is 0 Å². The normalized spacial score (nSPS) is 13.3. The van der Waals surface area contributed by atoms with E-state index >= 15 is 0 Å². The van der Waals surface area contributed by atoms with E-state index in [2.05, 4.69) is 32.9 Å². The van der Waals surface area contributed by atoms with Gasteiger partial charge in [0.1, 0.15) is 5.78 Å². The summed E-state index contributed by atoms with van der Waals surface area (Å²) in [5.41, 5.74) is 1.38. The second kappa shape index (κ2) is 6.99. The lowest BCUT2D eigenvalue weighted by Gasteiger charge is -2.19. The summed E-state index contributed by atoms with van der Waals surface area (Å²) < 4.78 is 12.1. The maximum Gasteiger partial charge on any atom is 0.129 e. The first-order valence-electron chi connectivity index (χ1n) is 6.79. The largest absolute Gasteiger partial charge is 0.300 e. The van der Waals surface area contributed by atoms with Crippen LogP contribution < -0.4 is 0 Å². The second-order valence-electron chi connectivity index (χ2n) is 5.98. The number of rotatable bonds is 6. The molecular formula is C16H24O2S. The molecule has 0 aromatic heterocycles. The van der Waals surface area contributed by atoms with Crippen LogP contribution in [0.25, 0.3) is 0 Å². The number of carbonyl (C=O) groups excluding carboxylic acids is 1. The molecule has 0 bridgehead atoms. The van der Waals surface area contributed by atoms with Crippen LogP contribution in [0.15, 0.2) is 29.2 Å². The number of Topliss-reactive ketones (excluding diaryl/α,β-unsaturated/α-hetero) is 1. The minimum atomic E-state index is -0.944. The molecule has 2 nitrogen and oxygen atoms in total. The highest BCUT2D eigenvalue weighted by Gasteiger charge is 2.13. The molecule has 0 aliphatic heterocycles. The van der Waals surface area contributed by atoms with E-state index in [9.17, 15) is 9.00 Å². The van der Waals surface area contributed by atoms with Gasteiger partial charge in [0.05, 0.1) is 10.8 Å². The van der Waals surface area contributed by atoms with Crippen molar-refractivity contribution in [2.75, 3.05) is 5.75 Å². The predicted octanol–water partition coefficient (Wildman–Crippen LogP) is 3.85. The first kappa shape index (κ1) is 16.1. The maximum absolute atomic E-state index is 12.1. The molecule has 3 heteroatoms. The summed E-state index contributed by atoms with van der Waals surface area (Å²) in [4.78, 5) is 11.7. The third-order valence-corrected chi connectivity index (χ3v) is 4.55. The minimum absolute atomic E-state index is 0.126. The fourth-order valence-electron chi connectivity index (χ4n) is 1.83. The van der Waals surface area contributed by atoms with Crippen LogP contribution in [0, 0.1) is 0 Å². The molecule has 106 valence electrons. The summed E-state index contributed by atoms with van der Waals surface area (Å²) in [6.07, 6.45) is 2.27. The van der Waals surface area contributed by atoms with E-state index in [0.717, 1.165) is 17.7 Å². The van der Waals surface area contributed by atoms with Gasteiger partial charge in [-0.2, -0.15) is 0 Å². The molecule has 0 radical (unpaired) electrons. The molecule has 0 heterocycles. The predicted molar refractivity (Wildman–Crippen MR) is 80.9 cm³/mol. The van der Waals surface area contributed by atoms with Gasteiger partial charge < -0.3 is 4.79 Å². The molecular weight excluding hydrogens is 256 g/mol. The van der Waals surface area contributed by atoms with Gasteiger partial charge in [-0.25, -0.2) is 0 Å². The number of benzene rings is 1. The lowest BCUT2D eigenvalue weighted by atomic mass is 9.87. The van der Waals surface area contributed by atoms with Gasteiger partial charge in [-0.1, -0.05) is 32.9 Å². The Bertz CT molecular complexity index is 441. The number of carbonyl (C=O) groups is 1. The van der Waals surface area contributed by atoms with Gasteiger partial charge in [0.15, 0.2) is 0 Å². The fraction of sp³-hybridized carbons (Fsp3) is 0.562. The summed E-state index contributed by atoms with van der Waals surface area (Å²) in [7, 11) is -0.944. The molecule has 1 atom stereocenters. The smallest absolute Gasteiger partial charge is 0.129 e. The van der Waals surface area contributed by atoms with Crippen LogP contribution in [0.1, 0.15) is 52.5 Å². The first-order valence-corrected chi connectivity index (χ1v) is 8.11. The highest BCUT2D eigenvalue weighted by Crippen LogP contribution is 2.23. The van der Waals surface area contributed by atoms with Crippen molar-refractivity contribution in [2.45, 2.75) is 57.3 Å². The molecule has 1 aromatic carbocycles. The zero-order valence-electron chi connectivity index (χ0n) is 12.4. The van der Waals surface area contributed by atoms with E-state index in [4.69, 9.17) is 0 Å². The van der Waals surface area contributed by atoms with Crippen LogP contribution in [-0.2, 0) is 21.0 Å². The van der Waals surface area contributed by atoms with Crippen LogP contribution in [0.3, 0.4) is 0 Å². The van der Waals surface area contributed by atoms with Crippen LogP contribution in [0.2, 0.25) is 0 Å². The summed E-state index contributed by atoms with van der Waals surface area (Å²) in [6.45, 7) is 8.10. The van der Waals surface area contributed by atoms with Gasteiger partial charge in [0.25, 0.3) is 0 Å². The van der Waals surface area contributed by atoms with Gasteiger partial charge in [0, 0.05) is 17.1 Å². The molecule has 0 amide bonds. The quantitative estimate of drug-likeness (QED) is 0.742. The molecule has 0 saturated carbocycles. The SMILES string of the molecule is CC(=O)CCCCS(=O)c1ccc(C(C)(C)C)cc1. The van der Waals surface area contributed by atoms with Crippen molar-refractivity contribution in [3.63, 3.8) is 0 Å². The van der Waals surface area contributed by atoms with Gasteiger partial charge in [-0.3, -0.25) is 4.21 Å². The zero-order valence-corrected chi connectivity index (χ0v) is 13.2. The summed E-state index contributed by atoms with van der Waals surface area (Å²) in [6, 6.07) is 8.04. The van der Waals surface area contributed by atoms with Crippen molar-refractivity contribution in [2.24, 2.45) is 0 Å². The number of ketones is 1. The molecule has 0 spiro atoms. The Morgan fingerprint density at radius 2 is 1.68 bits per heavy atom. The van der Waals surface area contributed by atoms with Crippen LogP contribution in [-0.4, -0.2) is 15.7 Å². The Labute approximate surface area is 119 Å². The van der Waals surface area contributed by atoms with Crippen LogP contribution in [0.5, 0.6) is 0 Å². The molecule has 1 rings (SSSR count). The lowest BCUT2D eigenvalue weighted by Crippen LogP contribution is -2.11. The van der Waals surface area contributed by atoms with Crippen molar-refractivity contribution in [3.8, 4) is 0 Å². The van der Waals surface area contributed by atoms with Crippen molar-refractivity contribution < 1.29 is 9.00 Å². The zero-order chi connectivity index (χ0) is 14.5. The standard InChI is InChI=1S/C16H24O2S/c1-13(17)7-5-6-12-19(18)15-10-8-14(9-11-15)16(2,3)4/h8-11H,5-7,12H2,1-4H3. The molecule has 1 unspecified atom stereocenters. The van der Waals surface area contributed by atoms with Gasteiger partial charge >= 0.3 is 0 Å². The second-order valence-corrected chi connectivity index (χ2v) is 7.55. The minimum Gasteiger partial charge on any atom is -0.300 e. The monoisotopic (exact) mass is 280 g/mol. The van der Waals surface area contributed by atoms with Crippen LogP contribution in [0.4, 0.5) is 0 Å². The van der Waals surface area contributed by atoms with E-state index in [0.29, 0.717) is 12.2 Å². The summed E-state index contributed by atoms with van der Waals surface area (Å²) in [5, 5.41) is 0. The van der Waals surface area contributed by atoms with E-state index in [-0.39, 0.29) is 11.2 Å². The van der Waals surface area contributed by atoms with E-state index in [1.165, 1.54) is 5.56 Å². The molecule has 19 heavy (non-hydrogen) atoms. The number of hydrogen-bond donors (Lipinski definition) is 0. The van der Waals surface area contributed by atoms with Gasteiger partial charge in [-0.15, -0.1) is 0 Å². The van der Waals surface area contributed by atoms with Crippen LogP contribution >= 0.6 is 0 Å². The van der Waals surface area contributed by atoms with Crippen molar-refractivity contribution in [1.82, 2.24) is 0 Å². The number of unbranched alkanes of at least 4 members (excludes halogenated alkanes) is 1. The Kier molecular flexibility index (Phi) is 5.92. The highest BCUT2D eigenvalue weighted by atomic mass is 32.2.